The van der Waals surface area contributed by atoms with Gasteiger partial charge in [-0.25, -0.2) is 12.8 Å². The number of hydrogen-bond acceptors (Lipinski definition) is 4. The van der Waals surface area contributed by atoms with Gasteiger partial charge in [-0.15, -0.1) is 0 Å². The molecule has 2 aromatic rings. The predicted molar refractivity (Wildman–Crippen MR) is 82.5 cm³/mol. The first-order valence-corrected chi connectivity index (χ1v) is 8.49. The Morgan fingerprint density at radius 1 is 1.09 bits per heavy atom. The monoisotopic (exact) mass is 320 g/mol. The van der Waals surface area contributed by atoms with Gasteiger partial charge in [-0.05, 0) is 29.8 Å². The van der Waals surface area contributed by atoms with Gasteiger partial charge in [0.25, 0.3) is 0 Å². The summed E-state index contributed by atoms with van der Waals surface area (Å²) < 4.78 is 39.1. The van der Waals surface area contributed by atoms with E-state index in [0.717, 1.165) is 0 Å². The zero-order chi connectivity index (χ0) is 16.0. The zero-order valence-corrected chi connectivity index (χ0v) is 12.6. The highest BCUT2D eigenvalue weighted by Crippen LogP contribution is 2.55. The fraction of sp³-hybridized carbons (Fsp3) is 0.250. The molecule has 0 saturated heterocycles. The third kappa shape index (κ3) is 2.24. The van der Waals surface area contributed by atoms with Gasteiger partial charge >= 0.3 is 0 Å². The maximum atomic E-state index is 13.4. The van der Waals surface area contributed by atoms with Crippen LogP contribution in [0, 0.1) is 5.82 Å². The van der Waals surface area contributed by atoms with Gasteiger partial charge in [-0.1, -0.05) is 30.3 Å². The van der Waals surface area contributed by atoms with Gasteiger partial charge in [-0.3, -0.25) is 0 Å². The average molecular weight is 320 g/mol. The molecule has 0 aliphatic heterocycles. The van der Waals surface area contributed by atoms with Gasteiger partial charge in [0.05, 0.1) is 15.7 Å². The molecule has 22 heavy (non-hydrogen) atoms. The minimum Gasteiger partial charge on any atom is -0.329 e. The van der Waals surface area contributed by atoms with E-state index in [1.807, 2.05) is 0 Å². The Labute approximate surface area is 128 Å². The largest absolute Gasteiger partial charge is 0.329 e. The van der Waals surface area contributed by atoms with E-state index in [1.54, 1.807) is 30.3 Å². The first kappa shape index (κ1) is 15.1. The maximum Gasteiger partial charge on any atom is 0.183 e. The lowest BCUT2D eigenvalue weighted by atomic mass is 10.1. The van der Waals surface area contributed by atoms with Crippen LogP contribution in [0.3, 0.4) is 0 Å². The van der Waals surface area contributed by atoms with Crippen molar-refractivity contribution in [1.29, 1.82) is 0 Å². The van der Waals surface area contributed by atoms with E-state index < -0.39 is 32.4 Å². The molecule has 3 rings (SSSR count). The molecule has 0 radical (unpaired) electrons. The highest BCUT2D eigenvalue weighted by molar-refractivity contribution is 7.92. The van der Waals surface area contributed by atoms with E-state index in [4.69, 9.17) is 11.5 Å². The third-order valence-corrected chi connectivity index (χ3v) is 6.58. The average Bonchev–Trinajstić information content (AvgIpc) is 3.16. The normalized spacial score (nSPS) is 27.6. The van der Waals surface area contributed by atoms with E-state index >= 15 is 0 Å². The van der Waals surface area contributed by atoms with Crippen LogP contribution >= 0.6 is 0 Å². The van der Waals surface area contributed by atoms with E-state index in [2.05, 4.69) is 0 Å². The van der Waals surface area contributed by atoms with Gasteiger partial charge in [0.1, 0.15) is 5.82 Å². The maximum absolute atomic E-state index is 13.4. The van der Waals surface area contributed by atoms with E-state index in [-0.39, 0.29) is 11.4 Å². The summed E-state index contributed by atoms with van der Waals surface area (Å²) in [7, 11) is -3.62. The Bertz CT molecular complexity index is 795. The van der Waals surface area contributed by atoms with E-state index in [0.29, 0.717) is 5.56 Å². The van der Waals surface area contributed by atoms with Gasteiger partial charge in [-0.2, -0.15) is 0 Å². The fourth-order valence-electron chi connectivity index (χ4n) is 3.08. The summed E-state index contributed by atoms with van der Waals surface area (Å²) in [6.07, 6.45) is 0. The number of hydrogen-bond donors (Lipinski definition) is 2. The molecule has 2 aromatic carbocycles. The van der Waals surface area contributed by atoms with Gasteiger partial charge in [0.15, 0.2) is 9.84 Å². The molecular weight excluding hydrogens is 303 g/mol. The quantitative estimate of drug-likeness (QED) is 0.892. The van der Waals surface area contributed by atoms with Crippen LogP contribution < -0.4 is 11.5 Å². The number of nitrogens with two attached hydrogens (primary N) is 2. The SMILES string of the molecule is NC[C@@]1(N)[C@H](c2cccc(F)c2)[C@@H]1S(=O)(=O)c1ccccc1. The molecule has 4 N–H and O–H groups in total. The highest BCUT2D eigenvalue weighted by Gasteiger charge is 2.68. The Kier molecular flexibility index (Phi) is 3.55. The van der Waals surface area contributed by atoms with Crippen molar-refractivity contribution in [3.63, 3.8) is 0 Å². The van der Waals surface area contributed by atoms with Crippen molar-refractivity contribution in [1.82, 2.24) is 0 Å². The molecular formula is C16H17FN2O2S. The molecule has 1 aliphatic rings. The minimum absolute atomic E-state index is 0.0188. The van der Waals surface area contributed by atoms with Crippen molar-refractivity contribution in [3.05, 3.63) is 66.0 Å². The van der Waals surface area contributed by atoms with E-state index in [1.165, 1.54) is 24.3 Å². The van der Waals surface area contributed by atoms with Crippen LogP contribution in [-0.2, 0) is 9.84 Å². The summed E-state index contributed by atoms with van der Waals surface area (Å²) in [5.41, 5.74) is 11.4. The van der Waals surface area contributed by atoms with Gasteiger partial charge in [0, 0.05) is 12.5 Å². The van der Waals surface area contributed by atoms with Crippen molar-refractivity contribution >= 4 is 9.84 Å². The van der Waals surface area contributed by atoms with Crippen LogP contribution in [0.15, 0.2) is 59.5 Å². The third-order valence-electron chi connectivity index (χ3n) is 4.27. The molecule has 0 aromatic heterocycles. The number of sulfone groups is 1. The predicted octanol–water partition coefficient (Wildman–Crippen LogP) is 1.42. The molecule has 0 unspecified atom stereocenters. The summed E-state index contributed by atoms with van der Waals surface area (Å²) in [5.74, 6) is -0.918. The lowest BCUT2D eigenvalue weighted by molar-refractivity contribution is 0.586. The first-order chi connectivity index (χ1) is 10.4. The Morgan fingerprint density at radius 2 is 1.77 bits per heavy atom. The molecule has 0 spiro atoms. The van der Waals surface area contributed by atoms with Crippen LogP contribution in [0.4, 0.5) is 4.39 Å². The molecule has 116 valence electrons. The molecule has 1 saturated carbocycles. The van der Waals surface area contributed by atoms with E-state index in [9.17, 15) is 12.8 Å². The van der Waals surface area contributed by atoms with Gasteiger partial charge in [0.2, 0.25) is 0 Å². The Balaban J connectivity index is 2.04. The fourth-order valence-corrected chi connectivity index (χ4v) is 5.42. The minimum atomic E-state index is -3.62. The second-order valence-corrected chi connectivity index (χ2v) is 7.70. The molecule has 0 heterocycles. The van der Waals surface area contributed by atoms with Crippen LogP contribution in [-0.4, -0.2) is 25.8 Å². The molecule has 6 heteroatoms. The van der Waals surface area contributed by atoms with Crippen LogP contribution in [0.2, 0.25) is 0 Å². The highest BCUT2D eigenvalue weighted by atomic mass is 32.2. The zero-order valence-electron chi connectivity index (χ0n) is 11.8. The summed E-state index contributed by atoms with van der Waals surface area (Å²) >= 11 is 0. The molecule has 0 amide bonds. The summed E-state index contributed by atoms with van der Waals surface area (Å²) in [5, 5.41) is -0.839. The van der Waals surface area contributed by atoms with Crippen molar-refractivity contribution in [2.75, 3.05) is 6.54 Å². The number of benzene rings is 2. The Hall–Kier alpha value is -1.76. The Morgan fingerprint density at radius 3 is 2.36 bits per heavy atom. The first-order valence-electron chi connectivity index (χ1n) is 6.94. The summed E-state index contributed by atoms with van der Waals surface area (Å²) in [6.45, 7) is 0.0188. The number of rotatable bonds is 4. The number of halogens is 1. The topological polar surface area (TPSA) is 86.2 Å². The van der Waals surface area contributed by atoms with Crippen molar-refractivity contribution in [2.24, 2.45) is 11.5 Å². The lowest BCUT2D eigenvalue weighted by Gasteiger charge is -2.08. The molecule has 1 fully saturated rings. The van der Waals surface area contributed by atoms with Crippen LogP contribution in [0.1, 0.15) is 11.5 Å². The van der Waals surface area contributed by atoms with Crippen LogP contribution in [0.5, 0.6) is 0 Å². The van der Waals surface area contributed by atoms with Crippen molar-refractivity contribution in [3.8, 4) is 0 Å². The van der Waals surface area contributed by atoms with Crippen molar-refractivity contribution < 1.29 is 12.8 Å². The second kappa shape index (κ2) is 5.15. The molecule has 4 nitrogen and oxygen atoms in total. The van der Waals surface area contributed by atoms with Crippen molar-refractivity contribution in [2.45, 2.75) is 21.6 Å². The second-order valence-electron chi connectivity index (χ2n) is 5.63. The summed E-state index contributed by atoms with van der Waals surface area (Å²) in [6, 6.07) is 14.0. The summed E-state index contributed by atoms with van der Waals surface area (Å²) in [4.78, 5) is 0.210. The lowest BCUT2D eigenvalue weighted by Crippen LogP contribution is -2.39. The van der Waals surface area contributed by atoms with Crippen LogP contribution in [0.25, 0.3) is 0 Å². The smallest absolute Gasteiger partial charge is 0.183 e. The molecule has 1 aliphatic carbocycles. The van der Waals surface area contributed by atoms with Gasteiger partial charge < -0.3 is 11.5 Å². The molecule has 0 bridgehead atoms. The standard InChI is InChI=1S/C16H17FN2O2S/c17-12-6-4-5-11(9-12)14-15(16(14,19)10-18)22(20,21)13-7-2-1-3-8-13/h1-9,14-15H,10,18-19H2/t14-,15+,16-/m1/s1. The molecule has 3 atom stereocenters.